The third-order valence-electron chi connectivity index (χ3n) is 2.66. The molecule has 2 aromatic carbocycles. The molecule has 3 aromatic rings. The van der Waals surface area contributed by atoms with Gasteiger partial charge >= 0.3 is 0 Å². The van der Waals surface area contributed by atoms with E-state index in [1.54, 1.807) is 0 Å². The zero-order valence-electron chi connectivity index (χ0n) is 9.03. The Labute approximate surface area is 93.1 Å². The predicted octanol–water partition coefficient (Wildman–Crippen LogP) is 2.70. The van der Waals surface area contributed by atoms with Gasteiger partial charge in [0.2, 0.25) is 5.89 Å². The number of benzene rings is 2. The van der Waals surface area contributed by atoms with E-state index in [9.17, 15) is 0 Å². The summed E-state index contributed by atoms with van der Waals surface area (Å²) in [6.07, 6.45) is 0. The van der Waals surface area contributed by atoms with E-state index < -0.39 is 0 Å². The van der Waals surface area contributed by atoms with Crippen LogP contribution in [0.25, 0.3) is 21.9 Å². The van der Waals surface area contributed by atoms with Crippen molar-refractivity contribution in [3.8, 4) is 0 Å². The standard InChI is InChI=1S/C13H12N2O/c1-14-8-12-15-13-10-5-3-2-4-9(10)6-7-11(13)16-12/h2-7,14H,8H2,1H3. The first-order valence-corrected chi connectivity index (χ1v) is 5.30. The number of hydrogen-bond donors (Lipinski definition) is 1. The van der Waals surface area contributed by atoms with Gasteiger partial charge < -0.3 is 9.73 Å². The summed E-state index contributed by atoms with van der Waals surface area (Å²) < 4.78 is 5.64. The summed E-state index contributed by atoms with van der Waals surface area (Å²) in [5.41, 5.74) is 1.80. The highest BCUT2D eigenvalue weighted by atomic mass is 16.3. The molecule has 80 valence electrons. The molecule has 0 amide bonds. The molecule has 0 aliphatic carbocycles. The van der Waals surface area contributed by atoms with E-state index >= 15 is 0 Å². The van der Waals surface area contributed by atoms with Crippen molar-refractivity contribution in [2.75, 3.05) is 7.05 Å². The maximum absolute atomic E-state index is 5.64. The highest BCUT2D eigenvalue weighted by Gasteiger charge is 2.07. The molecular formula is C13H12N2O. The van der Waals surface area contributed by atoms with Gasteiger partial charge in [0.15, 0.2) is 5.58 Å². The number of nitrogens with one attached hydrogen (secondary N) is 1. The van der Waals surface area contributed by atoms with Gasteiger partial charge in [-0.25, -0.2) is 4.98 Å². The van der Waals surface area contributed by atoms with Gasteiger partial charge in [0, 0.05) is 5.39 Å². The molecule has 0 fully saturated rings. The fourth-order valence-electron chi connectivity index (χ4n) is 1.93. The van der Waals surface area contributed by atoms with Crippen molar-refractivity contribution in [2.24, 2.45) is 0 Å². The summed E-state index contributed by atoms with van der Waals surface area (Å²) in [6, 6.07) is 12.2. The predicted molar refractivity (Wildman–Crippen MR) is 64.3 cm³/mol. The van der Waals surface area contributed by atoms with E-state index in [-0.39, 0.29) is 0 Å². The highest BCUT2D eigenvalue weighted by molar-refractivity contribution is 6.03. The molecule has 1 heterocycles. The van der Waals surface area contributed by atoms with Crippen LogP contribution in [0.1, 0.15) is 5.89 Å². The molecule has 0 saturated heterocycles. The Hall–Kier alpha value is -1.87. The lowest BCUT2D eigenvalue weighted by atomic mass is 10.1. The fourth-order valence-corrected chi connectivity index (χ4v) is 1.93. The fraction of sp³-hybridized carbons (Fsp3) is 0.154. The topological polar surface area (TPSA) is 38.1 Å². The summed E-state index contributed by atoms with van der Waals surface area (Å²) in [5.74, 6) is 0.730. The van der Waals surface area contributed by atoms with E-state index in [0.29, 0.717) is 6.54 Å². The number of hydrogen-bond acceptors (Lipinski definition) is 3. The van der Waals surface area contributed by atoms with E-state index in [2.05, 4.69) is 28.5 Å². The molecule has 3 heteroatoms. The average Bonchev–Trinajstić information content (AvgIpc) is 2.72. The van der Waals surface area contributed by atoms with Crippen molar-refractivity contribution < 1.29 is 4.42 Å². The molecule has 0 atom stereocenters. The number of nitrogens with zero attached hydrogens (tertiary/aromatic N) is 1. The molecule has 0 bridgehead atoms. The van der Waals surface area contributed by atoms with E-state index in [1.807, 2.05) is 25.2 Å². The van der Waals surface area contributed by atoms with Crippen molar-refractivity contribution in [3.63, 3.8) is 0 Å². The molecular weight excluding hydrogens is 200 g/mol. The molecule has 0 saturated carbocycles. The summed E-state index contributed by atoms with van der Waals surface area (Å²) in [5, 5.41) is 5.38. The Morgan fingerprint density at radius 3 is 2.94 bits per heavy atom. The van der Waals surface area contributed by atoms with Gasteiger partial charge in [-0.05, 0) is 18.5 Å². The zero-order chi connectivity index (χ0) is 11.0. The minimum absolute atomic E-state index is 0.656. The molecule has 3 nitrogen and oxygen atoms in total. The average molecular weight is 212 g/mol. The van der Waals surface area contributed by atoms with Gasteiger partial charge in [-0.2, -0.15) is 0 Å². The minimum atomic E-state index is 0.656. The minimum Gasteiger partial charge on any atom is -0.439 e. The lowest BCUT2D eigenvalue weighted by Crippen LogP contribution is -2.04. The quantitative estimate of drug-likeness (QED) is 0.709. The Bertz CT molecular complexity index is 643. The van der Waals surface area contributed by atoms with Crippen LogP contribution in [0.4, 0.5) is 0 Å². The largest absolute Gasteiger partial charge is 0.439 e. The molecule has 0 aliphatic rings. The number of fused-ring (bicyclic) bond motifs is 3. The third-order valence-corrected chi connectivity index (χ3v) is 2.66. The molecule has 0 spiro atoms. The number of rotatable bonds is 2. The highest BCUT2D eigenvalue weighted by Crippen LogP contribution is 2.25. The third kappa shape index (κ3) is 1.37. The lowest BCUT2D eigenvalue weighted by Gasteiger charge is -1.95. The van der Waals surface area contributed by atoms with Crippen molar-refractivity contribution >= 4 is 21.9 Å². The van der Waals surface area contributed by atoms with Crippen LogP contribution in [0.2, 0.25) is 0 Å². The van der Waals surface area contributed by atoms with Crippen molar-refractivity contribution in [2.45, 2.75) is 6.54 Å². The SMILES string of the molecule is CNCc1nc2c(ccc3ccccc32)o1. The van der Waals surface area contributed by atoms with E-state index in [1.165, 1.54) is 5.39 Å². The summed E-state index contributed by atoms with van der Waals surface area (Å²) in [7, 11) is 1.88. The van der Waals surface area contributed by atoms with Crippen LogP contribution in [0.3, 0.4) is 0 Å². The van der Waals surface area contributed by atoms with Gasteiger partial charge in [-0.1, -0.05) is 30.3 Å². The smallest absolute Gasteiger partial charge is 0.209 e. The first-order chi connectivity index (χ1) is 7.88. The second-order valence-electron chi connectivity index (χ2n) is 3.77. The van der Waals surface area contributed by atoms with Crippen molar-refractivity contribution in [3.05, 3.63) is 42.3 Å². The first kappa shape index (κ1) is 9.36. The van der Waals surface area contributed by atoms with Crippen LogP contribution in [0, 0.1) is 0 Å². The molecule has 1 N–H and O–H groups in total. The van der Waals surface area contributed by atoms with Gasteiger partial charge in [-0.3, -0.25) is 0 Å². The molecule has 0 radical (unpaired) electrons. The van der Waals surface area contributed by atoms with Gasteiger partial charge in [0.05, 0.1) is 6.54 Å². The molecule has 3 rings (SSSR count). The lowest BCUT2D eigenvalue weighted by molar-refractivity contribution is 0.511. The molecule has 0 unspecified atom stereocenters. The van der Waals surface area contributed by atoms with Crippen molar-refractivity contribution in [1.29, 1.82) is 0 Å². The number of oxazole rings is 1. The van der Waals surface area contributed by atoms with Crippen LogP contribution in [0.5, 0.6) is 0 Å². The molecule has 16 heavy (non-hydrogen) atoms. The Morgan fingerprint density at radius 1 is 1.19 bits per heavy atom. The van der Waals surface area contributed by atoms with Crippen LogP contribution in [-0.2, 0) is 6.54 Å². The number of aromatic nitrogens is 1. The summed E-state index contributed by atoms with van der Waals surface area (Å²) in [6.45, 7) is 0.656. The maximum Gasteiger partial charge on any atom is 0.209 e. The molecule has 0 aliphatic heterocycles. The van der Waals surface area contributed by atoms with E-state index in [4.69, 9.17) is 4.42 Å². The van der Waals surface area contributed by atoms with Crippen LogP contribution < -0.4 is 5.32 Å². The Kier molecular flexibility index (Phi) is 2.11. The van der Waals surface area contributed by atoms with Crippen LogP contribution >= 0.6 is 0 Å². The van der Waals surface area contributed by atoms with E-state index in [0.717, 1.165) is 22.4 Å². The van der Waals surface area contributed by atoms with Gasteiger partial charge in [-0.15, -0.1) is 0 Å². The van der Waals surface area contributed by atoms with Crippen LogP contribution in [-0.4, -0.2) is 12.0 Å². The summed E-state index contributed by atoms with van der Waals surface area (Å²) >= 11 is 0. The van der Waals surface area contributed by atoms with Crippen molar-refractivity contribution in [1.82, 2.24) is 10.3 Å². The monoisotopic (exact) mass is 212 g/mol. The van der Waals surface area contributed by atoms with Gasteiger partial charge in [0.1, 0.15) is 5.52 Å². The van der Waals surface area contributed by atoms with Gasteiger partial charge in [0.25, 0.3) is 0 Å². The molecule has 1 aromatic heterocycles. The second kappa shape index (κ2) is 3.61. The Morgan fingerprint density at radius 2 is 2.06 bits per heavy atom. The first-order valence-electron chi connectivity index (χ1n) is 5.30. The van der Waals surface area contributed by atoms with Crippen LogP contribution in [0.15, 0.2) is 40.8 Å². The normalized spacial score (nSPS) is 11.3. The second-order valence-corrected chi connectivity index (χ2v) is 3.77. The zero-order valence-corrected chi connectivity index (χ0v) is 9.03. The Balaban J connectivity index is 2.32. The maximum atomic E-state index is 5.64. The summed E-state index contributed by atoms with van der Waals surface area (Å²) in [4.78, 5) is 4.50.